The second kappa shape index (κ2) is 8.47. The Bertz CT molecular complexity index is 1570. The molecule has 1 fully saturated rings. The van der Waals surface area contributed by atoms with Crippen LogP contribution in [-0.4, -0.2) is 56.6 Å². The predicted octanol–water partition coefficient (Wildman–Crippen LogP) is 4.35. The van der Waals surface area contributed by atoms with Crippen LogP contribution < -0.4 is 4.90 Å². The molecule has 0 radical (unpaired) electrons. The lowest BCUT2D eigenvalue weighted by Gasteiger charge is -2.35. The molecule has 8 heteroatoms. The van der Waals surface area contributed by atoms with Crippen LogP contribution in [0.5, 0.6) is 0 Å². The molecule has 0 aliphatic carbocycles. The summed E-state index contributed by atoms with van der Waals surface area (Å²) >= 11 is 0. The summed E-state index contributed by atoms with van der Waals surface area (Å²) in [5.41, 5.74) is 3.78. The van der Waals surface area contributed by atoms with Gasteiger partial charge in [0.25, 0.3) is 5.91 Å². The van der Waals surface area contributed by atoms with Gasteiger partial charge in [0.1, 0.15) is 5.82 Å². The van der Waals surface area contributed by atoms with Crippen LogP contribution in [0.1, 0.15) is 15.9 Å². The topological polar surface area (TPSA) is 66.6 Å². The summed E-state index contributed by atoms with van der Waals surface area (Å²) in [6, 6.07) is 22.1. The largest absolute Gasteiger partial charge is 0.338 e. The molecule has 0 atom stereocenters. The van der Waals surface area contributed by atoms with Gasteiger partial charge in [-0.1, -0.05) is 48.5 Å². The van der Waals surface area contributed by atoms with E-state index >= 15 is 0 Å². The van der Waals surface area contributed by atoms with Gasteiger partial charge in [0.2, 0.25) is 5.95 Å². The molecule has 1 aliphatic heterocycles. The van der Waals surface area contributed by atoms with Gasteiger partial charge in [-0.05, 0) is 36.8 Å². The number of hydrogen-bond donors (Lipinski definition) is 0. The molecular formula is C27H23FN6O. The number of para-hydroxylation sites is 1. The van der Waals surface area contributed by atoms with Crippen LogP contribution >= 0.6 is 0 Å². The highest BCUT2D eigenvalue weighted by molar-refractivity contribution is 5.95. The summed E-state index contributed by atoms with van der Waals surface area (Å²) in [4.78, 5) is 21.8. The van der Waals surface area contributed by atoms with Gasteiger partial charge in [-0.25, -0.2) is 13.8 Å². The number of piperazine rings is 1. The van der Waals surface area contributed by atoms with Gasteiger partial charge in [0.15, 0.2) is 11.5 Å². The van der Waals surface area contributed by atoms with Gasteiger partial charge in [0, 0.05) is 37.1 Å². The maximum absolute atomic E-state index is 14.2. The number of fused-ring (bicyclic) bond motifs is 3. The zero-order chi connectivity index (χ0) is 23.9. The molecule has 0 bridgehead atoms. The number of benzene rings is 3. The first kappa shape index (κ1) is 21.2. The van der Waals surface area contributed by atoms with E-state index in [9.17, 15) is 9.18 Å². The monoisotopic (exact) mass is 466 g/mol. The molecule has 1 saturated heterocycles. The summed E-state index contributed by atoms with van der Waals surface area (Å²) in [6.45, 7) is 4.10. The van der Waals surface area contributed by atoms with Crippen LogP contribution in [0.4, 0.5) is 10.3 Å². The van der Waals surface area contributed by atoms with Crippen molar-refractivity contribution < 1.29 is 9.18 Å². The van der Waals surface area contributed by atoms with E-state index in [2.05, 4.69) is 28.1 Å². The number of aryl methyl sites for hydroxylation is 1. The Hall–Kier alpha value is -4.33. The first-order chi connectivity index (χ1) is 17.1. The number of carbonyl (C=O) groups is 1. The summed E-state index contributed by atoms with van der Waals surface area (Å²) in [7, 11) is 0. The van der Waals surface area contributed by atoms with Crippen LogP contribution in [0.3, 0.4) is 0 Å². The fraction of sp³-hybridized carbons (Fsp3) is 0.185. The molecule has 0 unspecified atom stereocenters. The number of amides is 1. The van der Waals surface area contributed by atoms with Gasteiger partial charge in [-0.15, -0.1) is 10.2 Å². The van der Waals surface area contributed by atoms with Crippen molar-refractivity contribution in [2.45, 2.75) is 6.92 Å². The number of nitrogens with zero attached hydrogens (tertiary/aromatic N) is 6. The molecule has 5 aromatic rings. The first-order valence-electron chi connectivity index (χ1n) is 11.6. The third-order valence-electron chi connectivity index (χ3n) is 6.57. The van der Waals surface area contributed by atoms with Gasteiger partial charge >= 0.3 is 0 Å². The second-order valence-corrected chi connectivity index (χ2v) is 8.69. The predicted molar refractivity (Wildman–Crippen MR) is 133 cm³/mol. The van der Waals surface area contributed by atoms with Crippen LogP contribution in [0.2, 0.25) is 0 Å². The van der Waals surface area contributed by atoms with E-state index in [0.29, 0.717) is 26.2 Å². The maximum Gasteiger partial charge on any atom is 0.256 e. The van der Waals surface area contributed by atoms with Crippen LogP contribution in [0, 0.1) is 12.7 Å². The van der Waals surface area contributed by atoms with E-state index in [0.717, 1.165) is 39.4 Å². The molecule has 35 heavy (non-hydrogen) atoms. The average molecular weight is 467 g/mol. The fourth-order valence-electron chi connectivity index (χ4n) is 4.69. The summed E-state index contributed by atoms with van der Waals surface area (Å²) in [5, 5.41) is 10.0. The second-order valence-electron chi connectivity index (χ2n) is 8.69. The van der Waals surface area contributed by atoms with Crippen molar-refractivity contribution >= 4 is 28.4 Å². The lowest BCUT2D eigenvalue weighted by Crippen LogP contribution is -2.49. The zero-order valence-electron chi connectivity index (χ0n) is 19.2. The Morgan fingerprint density at radius 3 is 2.37 bits per heavy atom. The number of anilines is 1. The minimum absolute atomic E-state index is 0.104. The van der Waals surface area contributed by atoms with Crippen molar-refractivity contribution in [1.82, 2.24) is 24.5 Å². The van der Waals surface area contributed by atoms with Crippen LogP contribution in [-0.2, 0) is 0 Å². The van der Waals surface area contributed by atoms with E-state index in [1.807, 2.05) is 46.9 Å². The van der Waals surface area contributed by atoms with Crippen molar-refractivity contribution in [2.75, 3.05) is 31.1 Å². The van der Waals surface area contributed by atoms with E-state index < -0.39 is 5.82 Å². The Kier molecular flexibility index (Phi) is 5.13. The number of aromatic nitrogens is 4. The molecule has 1 amide bonds. The van der Waals surface area contributed by atoms with Gasteiger partial charge in [-0.2, -0.15) is 0 Å². The van der Waals surface area contributed by atoms with Crippen molar-refractivity contribution in [3.05, 3.63) is 89.7 Å². The molecule has 3 aromatic carbocycles. The normalized spacial score (nSPS) is 14.1. The third kappa shape index (κ3) is 3.58. The van der Waals surface area contributed by atoms with Crippen LogP contribution in [0.25, 0.3) is 27.9 Å². The van der Waals surface area contributed by atoms with E-state index in [1.54, 1.807) is 17.0 Å². The smallest absolute Gasteiger partial charge is 0.256 e. The standard InChI is InChI=1S/C27H23FN6O/c1-18-8-2-3-9-19(18)24-30-31-25-21-11-5-7-13-23(21)29-27(34(24)25)33-16-14-32(15-17-33)26(35)20-10-4-6-12-22(20)28/h2-13H,14-17H2,1H3. The van der Waals surface area contributed by atoms with Crippen molar-refractivity contribution in [1.29, 1.82) is 0 Å². The molecule has 6 rings (SSSR count). The highest BCUT2D eigenvalue weighted by atomic mass is 19.1. The Morgan fingerprint density at radius 1 is 0.857 bits per heavy atom. The minimum atomic E-state index is -0.495. The summed E-state index contributed by atoms with van der Waals surface area (Å²) < 4.78 is 16.2. The lowest BCUT2D eigenvalue weighted by molar-refractivity contribution is 0.0741. The van der Waals surface area contributed by atoms with Crippen LogP contribution in [0.15, 0.2) is 72.8 Å². The van der Waals surface area contributed by atoms with E-state index in [-0.39, 0.29) is 11.5 Å². The minimum Gasteiger partial charge on any atom is -0.338 e. The quantitative estimate of drug-likeness (QED) is 0.395. The number of carbonyl (C=O) groups excluding carboxylic acids is 1. The molecule has 0 spiro atoms. The Morgan fingerprint density at radius 2 is 1.57 bits per heavy atom. The molecule has 1 aliphatic rings. The highest BCUT2D eigenvalue weighted by Gasteiger charge is 2.27. The highest BCUT2D eigenvalue weighted by Crippen LogP contribution is 2.30. The van der Waals surface area contributed by atoms with Crippen molar-refractivity contribution in [3.8, 4) is 11.4 Å². The average Bonchev–Trinajstić information content (AvgIpc) is 3.34. The van der Waals surface area contributed by atoms with Gasteiger partial charge in [-0.3, -0.25) is 4.79 Å². The Labute approximate surface area is 201 Å². The summed E-state index contributed by atoms with van der Waals surface area (Å²) in [5.74, 6) is 0.686. The Balaban J connectivity index is 1.40. The molecule has 174 valence electrons. The number of halogens is 1. The SMILES string of the molecule is Cc1ccccc1-c1nnc2c3ccccc3nc(N3CCN(C(=O)c4ccccc4F)CC3)n12. The third-order valence-corrected chi connectivity index (χ3v) is 6.57. The molecule has 7 nitrogen and oxygen atoms in total. The number of hydrogen-bond acceptors (Lipinski definition) is 5. The molecule has 0 saturated carbocycles. The zero-order valence-corrected chi connectivity index (χ0v) is 19.2. The fourth-order valence-corrected chi connectivity index (χ4v) is 4.69. The molecule has 0 N–H and O–H groups in total. The number of rotatable bonds is 3. The van der Waals surface area contributed by atoms with E-state index in [4.69, 9.17) is 4.98 Å². The summed E-state index contributed by atoms with van der Waals surface area (Å²) in [6.07, 6.45) is 0. The molecule has 3 heterocycles. The van der Waals surface area contributed by atoms with E-state index in [1.165, 1.54) is 12.1 Å². The van der Waals surface area contributed by atoms with Crippen molar-refractivity contribution in [3.63, 3.8) is 0 Å². The first-order valence-corrected chi connectivity index (χ1v) is 11.6. The molecule has 2 aromatic heterocycles. The van der Waals surface area contributed by atoms with Gasteiger partial charge < -0.3 is 9.80 Å². The lowest BCUT2D eigenvalue weighted by atomic mass is 10.1. The maximum atomic E-state index is 14.2. The van der Waals surface area contributed by atoms with Crippen molar-refractivity contribution in [2.24, 2.45) is 0 Å². The van der Waals surface area contributed by atoms with Gasteiger partial charge in [0.05, 0.1) is 11.1 Å². The molecular weight excluding hydrogens is 443 g/mol.